The first-order chi connectivity index (χ1) is 7.18. The highest BCUT2D eigenvalue weighted by Gasteiger charge is 2.33. The zero-order valence-electron chi connectivity index (χ0n) is 10.4. The fraction of sp³-hybridized carbons (Fsp3) is 1.00. The minimum atomic E-state index is 0.586. The van der Waals surface area contributed by atoms with Gasteiger partial charge in [0, 0.05) is 32.7 Å². The van der Waals surface area contributed by atoms with Gasteiger partial charge >= 0.3 is 0 Å². The van der Waals surface area contributed by atoms with Crippen molar-refractivity contribution >= 4 is 0 Å². The van der Waals surface area contributed by atoms with E-state index in [2.05, 4.69) is 24.1 Å². The van der Waals surface area contributed by atoms with E-state index >= 15 is 0 Å². The van der Waals surface area contributed by atoms with Crippen molar-refractivity contribution in [2.75, 3.05) is 32.7 Å². The highest BCUT2D eigenvalue weighted by Crippen LogP contribution is 2.40. The Morgan fingerprint density at radius 1 is 1.20 bits per heavy atom. The molecule has 1 saturated heterocycles. The van der Waals surface area contributed by atoms with Crippen LogP contribution < -0.4 is 5.32 Å². The quantitative estimate of drug-likeness (QED) is 0.751. The van der Waals surface area contributed by atoms with Crippen LogP contribution in [0.2, 0.25) is 0 Å². The van der Waals surface area contributed by atoms with E-state index in [1.54, 1.807) is 0 Å². The minimum Gasteiger partial charge on any atom is -0.314 e. The third-order valence-electron chi connectivity index (χ3n) is 4.42. The fourth-order valence-corrected chi connectivity index (χ4v) is 3.11. The summed E-state index contributed by atoms with van der Waals surface area (Å²) < 4.78 is 0. The van der Waals surface area contributed by atoms with Gasteiger partial charge in [0.2, 0.25) is 0 Å². The van der Waals surface area contributed by atoms with E-state index in [0.717, 1.165) is 5.92 Å². The Bertz CT molecular complexity index is 195. The van der Waals surface area contributed by atoms with Crippen molar-refractivity contribution in [1.29, 1.82) is 0 Å². The standard InChI is InChI=1S/C13H26N2/c1-13(2)6-4-3-5-12(13)11-15-9-7-14-8-10-15/h12,14H,3-11H2,1-2H3. The predicted octanol–water partition coefficient (Wildman–Crippen LogP) is 2.11. The molecule has 2 fully saturated rings. The summed E-state index contributed by atoms with van der Waals surface area (Å²) in [5.74, 6) is 0.935. The van der Waals surface area contributed by atoms with Crippen molar-refractivity contribution in [2.24, 2.45) is 11.3 Å². The van der Waals surface area contributed by atoms with Crippen molar-refractivity contribution in [3.63, 3.8) is 0 Å². The number of piperazine rings is 1. The number of rotatable bonds is 2. The number of nitrogens with one attached hydrogen (secondary N) is 1. The lowest BCUT2D eigenvalue weighted by Gasteiger charge is -2.42. The van der Waals surface area contributed by atoms with Crippen molar-refractivity contribution < 1.29 is 0 Å². The van der Waals surface area contributed by atoms with Crippen molar-refractivity contribution in [2.45, 2.75) is 39.5 Å². The molecule has 88 valence electrons. The SMILES string of the molecule is CC1(C)CCCCC1CN1CCNCC1. The van der Waals surface area contributed by atoms with Crippen molar-refractivity contribution in [1.82, 2.24) is 10.2 Å². The van der Waals surface area contributed by atoms with Gasteiger partial charge in [-0.15, -0.1) is 0 Å². The van der Waals surface area contributed by atoms with Crippen molar-refractivity contribution in [3.8, 4) is 0 Å². The Kier molecular flexibility index (Phi) is 3.68. The van der Waals surface area contributed by atoms with Gasteiger partial charge in [-0.25, -0.2) is 0 Å². The van der Waals surface area contributed by atoms with Gasteiger partial charge in [0.15, 0.2) is 0 Å². The molecule has 1 heterocycles. The van der Waals surface area contributed by atoms with E-state index < -0.39 is 0 Å². The normalized spacial score (nSPS) is 32.8. The molecule has 2 nitrogen and oxygen atoms in total. The number of hydrogen-bond donors (Lipinski definition) is 1. The van der Waals surface area contributed by atoms with Gasteiger partial charge in [-0.2, -0.15) is 0 Å². The zero-order valence-corrected chi connectivity index (χ0v) is 10.4. The van der Waals surface area contributed by atoms with Crippen LogP contribution in [0.25, 0.3) is 0 Å². The minimum absolute atomic E-state index is 0.586. The van der Waals surface area contributed by atoms with E-state index in [0.29, 0.717) is 5.41 Å². The van der Waals surface area contributed by atoms with Gasteiger partial charge in [0.05, 0.1) is 0 Å². The van der Waals surface area contributed by atoms with E-state index in [1.807, 2.05) is 0 Å². The monoisotopic (exact) mass is 210 g/mol. The van der Waals surface area contributed by atoms with E-state index in [-0.39, 0.29) is 0 Å². The maximum atomic E-state index is 3.43. The highest BCUT2D eigenvalue weighted by atomic mass is 15.2. The lowest BCUT2D eigenvalue weighted by Crippen LogP contribution is -2.47. The molecule has 2 heteroatoms. The van der Waals surface area contributed by atoms with Crippen LogP contribution in [0.1, 0.15) is 39.5 Å². The molecule has 0 spiro atoms. The molecule has 1 aliphatic carbocycles. The summed E-state index contributed by atoms with van der Waals surface area (Å²) in [4.78, 5) is 2.66. The van der Waals surface area contributed by atoms with Crippen LogP contribution in [-0.2, 0) is 0 Å². The molecule has 0 bridgehead atoms. The molecule has 0 aromatic carbocycles. The maximum Gasteiger partial charge on any atom is 0.0107 e. The Hall–Kier alpha value is -0.0800. The van der Waals surface area contributed by atoms with Gasteiger partial charge < -0.3 is 10.2 Å². The summed E-state index contributed by atoms with van der Waals surface area (Å²) in [6, 6.07) is 0. The molecule has 0 aromatic rings. The smallest absolute Gasteiger partial charge is 0.0107 e. The predicted molar refractivity (Wildman–Crippen MR) is 65.0 cm³/mol. The molecule has 0 amide bonds. The molecule has 1 N–H and O–H groups in total. The molecule has 2 rings (SSSR count). The first-order valence-corrected chi connectivity index (χ1v) is 6.61. The Morgan fingerprint density at radius 3 is 2.60 bits per heavy atom. The van der Waals surface area contributed by atoms with Gasteiger partial charge in [-0.05, 0) is 24.2 Å². The zero-order chi connectivity index (χ0) is 10.7. The molecule has 1 aliphatic heterocycles. The third-order valence-corrected chi connectivity index (χ3v) is 4.42. The van der Waals surface area contributed by atoms with Gasteiger partial charge in [-0.1, -0.05) is 26.7 Å². The molecule has 0 radical (unpaired) electrons. The maximum absolute atomic E-state index is 3.43. The average Bonchev–Trinajstić information content (AvgIpc) is 2.23. The molecule has 1 atom stereocenters. The summed E-state index contributed by atoms with van der Waals surface area (Å²) in [6.45, 7) is 11.2. The lowest BCUT2D eigenvalue weighted by atomic mass is 9.68. The Balaban J connectivity index is 1.85. The van der Waals surface area contributed by atoms with Gasteiger partial charge in [-0.3, -0.25) is 0 Å². The second-order valence-corrected chi connectivity index (χ2v) is 5.98. The Morgan fingerprint density at radius 2 is 1.93 bits per heavy atom. The average molecular weight is 210 g/mol. The van der Waals surface area contributed by atoms with Crippen LogP contribution in [0.5, 0.6) is 0 Å². The lowest BCUT2D eigenvalue weighted by molar-refractivity contribution is 0.0840. The second-order valence-electron chi connectivity index (χ2n) is 5.98. The third kappa shape index (κ3) is 2.94. The molecular weight excluding hydrogens is 184 g/mol. The molecule has 1 unspecified atom stereocenters. The van der Waals surface area contributed by atoms with Crippen LogP contribution in [0.4, 0.5) is 0 Å². The van der Waals surface area contributed by atoms with Crippen LogP contribution in [0, 0.1) is 11.3 Å². The van der Waals surface area contributed by atoms with Gasteiger partial charge in [0.25, 0.3) is 0 Å². The number of hydrogen-bond acceptors (Lipinski definition) is 2. The summed E-state index contributed by atoms with van der Waals surface area (Å²) in [6.07, 6.45) is 5.80. The van der Waals surface area contributed by atoms with Crippen LogP contribution in [0.3, 0.4) is 0 Å². The first kappa shape index (κ1) is 11.4. The topological polar surface area (TPSA) is 15.3 Å². The van der Waals surface area contributed by atoms with E-state index in [1.165, 1.54) is 58.4 Å². The summed E-state index contributed by atoms with van der Waals surface area (Å²) in [5.41, 5.74) is 0.586. The summed E-state index contributed by atoms with van der Waals surface area (Å²) >= 11 is 0. The van der Waals surface area contributed by atoms with E-state index in [4.69, 9.17) is 0 Å². The fourth-order valence-electron chi connectivity index (χ4n) is 3.11. The van der Waals surface area contributed by atoms with Crippen LogP contribution in [0.15, 0.2) is 0 Å². The summed E-state index contributed by atoms with van der Waals surface area (Å²) in [5, 5.41) is 3.43. The number of nitrogens with zero attached hydrogens (tertiary/aromatic N) is 1. The molecular formula is C13H26N2. The first-order valence-electron chi connectivity index (χ1n) is 6.61. The van der Waals surface area contributed by atoms with Crippen LogP contribution in [-0.4, -0.2) is 37.6 Å². The molecule has 15 heavy (non-hydrogen) atoms. The molecule has 1 saturated carbocycles. The molecule has 0 aromatic heterocycles. The summed E-state index contributed by atoms with van der Waals surface area (Å²) in [7, 11) is 0. The molecule has 2 aliphatic rings. The van der Waals surface area contributed by atoms with Crippen LogP contribution >= 0.6 is 0 Å². The second kappa shape index (κ2) is 4.84. The van der Waals surface area contributed by atoms with Gasteiger partial charge in [0.1, 0.15) is 0 Å². The van der Waals surface area contributed by atoms with Crippen molar-refractivity contribution in [3.05, 3.63) is 0 Å². The van der Waals surface area contributed by atoms with E-state index in [9.17, 15) is 0 Å². The Labute approximate surface area is 94.4 Å². The largest absolute Gasteiger partial charge is 0.314 e. The highest BCUT2D eigenvalue weighted by molar-refractivity contribution is 4.85.